The molecule has 4 aromatic rings. The van der Waals surface area contributed by atoms with Gasteiger partial charge >= 0.3 is 0 Å². The van der Waals surface area contributed by atoms with Crippen LogP contribution in [0, 0.1) is 5.92 Å². The van der Waals surface area contributed by atoms with E-state index >= 15 is 0 Å². The molecule has 132 valence electrons. The van der Waals surface area contributed by atoms with Gasteiger partial charge in [0.15, 0.2) is 11.5 Å². The summed E-state index contributed by atoms with van der Waals surface area (Å²) in [5.41, 5.74) is 1.53. The second-order valence-electron chi connectivity index (χ2n) is 6.81. The van der Waals surface area contributed by atoms with Crippen LogP contribution in [0.15, 0.2) is 30.7 Å². The van der Waals surface area contributed by atoms with Crippen LogP contribution in [0.25, 0.3) is 32.6 Å². The van der Waals surface area contributed by atoms with E-state index in [4.69, 9.17) is 0 Å². The van der Waals surface area contributed by atoms with Gasteiger partial charge in [0.25, 0.3) is 0 Å². The Kier molecular flexibility index (Phi) is 3.49. The Morgan fingerprint density at radius 1 is 1.15 bits per heavy atom. The summed E-state index contributed by atoms with van der Waals surface area (Å²) < 4.78 is 27.1. The Hall–Kier alpha value is -2.48. The van der Waals surface area contributed by atoms with Crippen molar-refractivity contribution in [1.82, 2.24) is 24.7 Å². The molecule has 26 heavy (non-hydrogen) atoms. The zero-order chi connectivity index (χ0) is 17.8. The minimum Gasteiger partial charge on any atom is -0.273 e. The minimum atomic E-state index is -2.21. The zero-order valence-electron chi connectivity index (χ0n) is 13.9. The van der Waals surface area contributed by atoms with Crippen molar-refractivity contribution in [2.45, 2.75) is 25.2 Å². The lowest BCUT2D eigenvalue weighted by Crippen LogP contribution is -2.27. The number of nitrogens with zero attached hydrogens (tertiary/aromatic N) is 5. The average molecular weight is 371 g/mol. The van der Waals surface area contributed by atoms with Crippen molar-refractivity contribution in [2.24, 2.45) is 13.0 Å². The highest BCUT2D eigenvalue weighted by Crippen LogP contribution is 2.47. The Morgan fingerprint density at radius 3 is 2.81 bits per heavy atom. The summed E-state index contributed by atoms with van der Waals surface area (Å²) in [4.78, 5) is 15.5. The van der Waals surface area contributed by atoms with Gasteiger partial charge in [0.05, 0.1) is 0 Å². The molecule has 0 aromatic carbocycles. The molecule has 0 unspecified atom stereocenters. The molecular weight excluding hydrogens is 356 g/mol. The van der Waals surface area contributed by atoms with Crippen molar-refractivity contribution in [3.8, 4) is 11.4 Å². The molecule has 0 bridgehead atoms. The molecule has 4 aromatic heterocycles. The number of aromatic nitrogens is 5. The van der Waals surface area contributed by atoms with Gasteiger partial charge in [0.1, 0.15) is 4.83 Å². The van der Waals surface area contributed by atoms with Gasteiger partial charge in [-0.25, -0.2) is 23.7 Å². The number of thiophene rings is 1. The van der Waals surface area contributed by atoms with Gasteiger partial charge in [-0.05, 0) is 30.9 Å². The normalized spacial score (nSPS) is 20.2. The fraction of sp³-hybridized carbons (Fsp3) is 0.333. The SMILES string of the molecule is Cn1cc2cc(-c3ncc4cc(C5CC(C(F)F)C5)sc4n3)cnc2n1. The second-order valence-corrected chi connectivity index (χ2v) is 7.87. The fourth-order valence-corrected chi connectivity index (χ4v) is 4.58. The van der Waals surface area contributed by atoms with Gasteiger partial charge in [-0.1, -0.05) is 0 Å². The van der Waals surface area contributed by atoms with Crippen LogP contribution in [0.5, 0.6) is 0 Å². The number of hydrogen-bond acceptors (Lipinski definition) is 5. The average Bonchev–Trinajstić information content (AvgIpc) is 3.13. The van der Waals surface area contributed by atoms with Gasteiger partial charge in [0.2, 0.25) is 6.43 Å². The summed E-state index contributed by atoms with van der Waals surface area (Å²) in [6.07, 6.45) is 4.35. The third kappa shape index (κ3) is 2.56. The van der Waals surface area contributed by atoms with Crippen LogP contribution in [0.3, 0.4) is 0 Å². The Balaban J connectivity index is 1.47. The van der Waals surface area contributed by atoms with Crippen LogP contribution in [0.1, 0.15) is 23.6 Å². The maximum absolute atomic E-state index is 12.7. The first kappa shape index (κ1) is 15.7. The molecule has 0 spiro atoms. The summed E-state index contributed by atoms with van der Waals surface area (Å²) in [5, 5.41) is 6.17. The zero-order valence-corrected chi connectivity index (χ0v) is 14.7. The molecule has 0 amide bonds. The molecule has 0 N–H and O–H groups in total. The number of aryl methyl sites for hydroxylation is 1. The van der Waals surface area contributed by atoms with E-state index in [2.05, 4.69) is 20.1 Å². The van der Waals surface area contributed by atoms with Crippen LogP contribution >= 0.6 is 11.3 Å². The van der Waals surface area contributed by atoms with Gasteiger partial charge in [-0.15, -0.1) is 11.3 Å². The van der Waals surface area contributed by atoms with Gasteiger partial charge in [-0.2, -0.15) is 5.10 Å². The summed E-state index contributed by atoms with van der Waals surface area (Å²) in [5.74, 6) is 0.387. The molecule has 5 nitrogen and oxygen atoms in total. The Morgan fingerprint density at radius 2 is 2.00 bits per heavy atom. The summed E-state index contributed by atoms with van der Waals surface area (Å²) in [7, 11) is 1.86. The molecule has 0 aliphatic heterocycles. The van der Waals surface area contributed by atoms with E-state index in [0.29, 0.717) is 24.3 Å². The largest absolute Gasteiger partial charge is 0.273 e. The molecule has 1 saturated carbocycles. The maximum atomic E-state index is 12.7. The van der Waals surface area contributed by atoms with E-state index in [-0.39, 0.29) is 5.92 Å². The number of fused-ring (bicyclic) bond motifs is 2. The summed E-state index contributed by atoms with van der Waals surface area (Å²) >= 11 is 1.58. The lowest BCUT2D eigenvalue weighted by Gasteiger charge is -2.33. The Bertz CT molecular complexity index is 1110. The molecule has 8 heteroatoms. The van der Waals surface area contributed by atoms with E-state index in [1.54, 1.807) is 28.4 Å². The standard InChI is InChI=1S/C18H15F2N5S/c1-25-8-13-4-11(6-22-17(13)24-25)16-21-7-12-5-14(26-18(12)23-16)9-2-10(3-9)15(19)20/h4-10,15H,2-3H2,1H3. The smallest absolute Gasteiger partial charge is 0.241 e. The molecule has 4 heterocycles. The Labute approximate surface area is 151 Å². The molecule has 1 aliphatic carbocycles. The third-order valence-corrected chi connectivity index (χ3v) is 6.16. The first-order chi connectivity index (χ1) is 12.6. The molecular formula is C18H15F2N5S. The number of pyridine rings is 1. The van der Waals surface area contributed by atoms with Crippen molar-refractivity contribution in [2.75, 3.05) is 0 Å². The lowest BCUT2D eigenvalue weighted by atomic mass is 9.74. The van der Waals surface area contributed by atoms with Crippen molar-refractivity contribution in [1.29, 1.82) is 0 Å². The predicted molar refractivity (Wildman–Crippen MR) is 96.4 cm³/mol. The fourth-order valence-electron chi connectivity index (χ4n) is 3.45. The third-order valence-electron chi connectivity index (χ3n) is 4.96. The first-order valence-corrected chi connectivity index (χ1v) is 9.23. The molecule has 0 saturated heterocycles. The van der Waals surface area contributed by atoms with Crippen LogP contribution < -0.4 is 0 Å². The first-order valence-electron chi connectivity index (χ1n) is 8.41. The molecule has 5 rings (SSSR count). The van der Waals surface area contributed by atoms with Crippen LogP contribution in [-0.2, 0) is 7.05 Å². The van der Waals surface area contributed by atoms with Crippen molar-refractivity contribution < 1.29 is 8.78 Å². The molecule has 1 fully saturated rings. The van der Waals surface area contributed by atoms with Gasteiger partial charge < -0.3 is 0 Å². The van der Waals surface area contributed by atoms with E-state index in [1.807, 2.05) is 25.4 Å². The highest BCUT2D eigenvalue weighted by molar-refractivity contribution is 7.18. The lowest BCUT2D eigenvalue weighted by molar-refractivity contribution is 0.0233. The summed E-state index contributed by atoms with van der Waals surface area (Å²) in [6.45, 7) is 0. The van der Waals surface area contributed by atoms with E-state index in [9.17, 15) is 8.78 Å². The van der Waals surface area contributed by atoms with Gasteiger partial charge in [0, 0.05) is 52.8 Å². The van der Waals surface area contributed by atoms with Gasteiger partial charge in [-0.3, -0.25) is 4.68 Å². The molecule has 0 radical (unpaired) electrons. The number of alkyl halides is 2. The quantitative estimate of drug-likeness (QED) is 0.536. The van der Waals surface area contributed by atoms with Crippen LogP contribution in [-0.4, -0.2) is 31.2 Å². The highest BCUT2D eigenvalue weighted by Gasteiger charge is 2.37. The van der Waals surface area contributed by atoms with E-state index in [1.165, 1.54) is 0 Å². The van der Waals surface area contributed by atoms with Crippen LogP contribution in [0.2, 0.25) is 0 Å². The van der Waals surface area contributed by atoms with Crippen molar-refractivity contribution in [3.63, 3.8) is 0 Å². The monoisotopic (exact) mass is 371 g/mol. The minimum absolute atomic E-state index is 0.227. The van der Waals surface area contributed by atoms with E-state index in [0.717, 1.165) is 26.0 Å². The van der Waals surface area contributed by atoms with Crippen molar-refractivity contribution >= 4 is 32.6 Å². The van der Waals surface area contributed by atoms with Crippen LogP contribution in [0.4, 0.5) is 8.78 Å². The number of halogens is 2. The molecule has 0 atom stereocenters. The predicted octanol–water partition coefficient (Wildman–Crippen LogP) is 4.40. The van der Waals surface area contributed by atoms with E-state index < -0.39 is 12.3 Å². The highest BCUT2D eigenvalue weighted by atomic mass is 32.1. The topological polar surface area (TPSA) is 56.5 Å². The van der Waals surface area contributed by atoms with Crippen molar-refractivity contribution in [3.05, 3.63) is 35.6 Å². The number of rotatable bonds is 3. The number of hydrogen-bond donors (Lipinski definition) is 0. The maximum Gasteiger partial charge on any atom is 0.241 e. The second kappa shape index (κ2) is 5.77. The summed E-state index contributed by atoms with van der Waals surface area (Å²) in [6, 6.07) is 4.02. The molecule has 1 aliphatic rings.